The topological polar surface area (TPSA) is 41.6 Å². The molecular weight excluding hydrogens is 248 g/mol. The van der Waals surface area contributed by atoms with Crippen LogP contribution >= 0.6 is 12.2 Å². The normalized spacial score (nSPS) is 23.7. The molecule has 18 heavy (non-hydrogen) atoms. The van der Waals surface area contributed by atoms with E-state index in [1.165, 1.54) is 12.0 Å². The number of hydrogen-bond donors (Lipinski definition) is 1. The summed E-state index contributed by atoms with van der Waals surface area (Å²) in [6.45, 7) is 5.30. The van der Waals surface area contributed by atoms with E-state index in [4.69, 9.17) is 17.1 Å². The zero-order valence-corrected chi connectivity index (χ0v) is 11.5. The third kappa shape index (κ3) is 2.52. The number of hydroxylamine groups is 2. The summed E-state index contributed by atoms with van der Waals surface area (Å²) < 4.78 is 0. The van der Waals surface area contributed by atoms with Crippen molar-refractivity contribution in [2.24, 2.45) is 0 Å². The van der Waals surface area contributed by atoms with Gasteiger partial charge in [-0.25, -0.2) is 0 Å². The molecule has 1 aliphatic rings. The van der Waals surface area contributed by atoms with Crippen molar-refractivity contribution in [3.05, 3.63) is 35.4 Å². The number of nitrogens with one attached hydrogen (secondary N) is 1. The molecule has 1 heterocycles. The number of nitrogens with zero attached hydrogens (tertiary/aromatic N) is 1. The van der Waals surface area contributed by atoms with Crippen LogP contribution in [0, 0.1) is 6.92 Å². The quantitative estimate of drug-likeness (QED) is 0.789. The Morgan fingerprint density at radius 2 is 2.22 bits per heavy atom. The van der Waals surface area contributed by atoms with E-state index < -0.39 is 0 Å². The number of amides is 1. The first-order chi connectivity index (χ1) is 8.49. The lowest BCUT2D eigenvalue weighted by Gasteiger charge is -2.38. The SMILES string of the molecule is CC(=O)N1OC(C)C(=S)NC1c1cccc(C)c1. The molecule has 1 aromatic rings. The molecule has 96 valence electrons. The maximum Gasteiger partial charge on any atom is 0.245 e. The van der Waals surface area contributed by atoms with Gasteiger partial charge in [-0.1, -0.05) is 42.0 Å². The number of hydrogen-bond acceptors (Lipinski definition) is 3. The van der Waals surface area contributed by atoms with Gasteiger partial charge in [-0.15, -0.1) is 0 Å². The Morgan fingerprint density at radius 1 is 1.50 bits per heavy atom. The first kappa shape index (κ1) is 13.0. The van der Waals surface area contributed by atoms with Crippen molar-refractivity contribution < 1.29 is 9.63 Å². The van der Waals surface area contributed by atoms with Crippen LogP contribution in [0.25, 0.3) is 0 Å². The van der Waals surface area contributed by atoms with Gasteiger partial charge in [-0.2, -0.15) is 5.06 Å². The second-order valence-corrected chi connectivity index (χ2v) is 4.86. The first-order valence-electron chi connectivity index (χ1n) is 5.82. The predicted molar refractivity (Wildman–Crippen MR) is 72.7 cm³/mol. The lowest BCUT2D eigenvalue weighted by molar-refractivity contribution is -0.217. The van der Waals surface area contributed by atoms with Crippen LogP contribution in [0.3, 0.4) is 0 Å². The number of rotatable bonds is 1. The Bertz CT molecular complexity index is 490. The highest BCUT2D eigenvalue weighted by atomic mass is 32.1. The Kier molecular flexibility index (Phi) is 3.63. The van der Waals surface area contributed by atoms with Crippen molar-refractivity contribution in [1.29, 1.82) is 0 Å². The van der Waals surface area contributed by atoms with E-state index in [1.807, 2.05) is 38.1 Å². The third-order valence-corrected chi connectivity index (χ3v) is 3.27. The highest BCUT2D eigenvalue weighted by molar-refractivity contribution is 7.80. The summed E-state index contributed by atoms with van der Waals surface area (Å²) in [7, 11) is 0. The fraction of sp³-hybridized carbons (Fsp3) is 0.385. The molecule has 0 saturated carbocycles. The summed E-state index contributed by atoms with van der Waals surface area (Å²) in [6.07, 6.45) is -0.643. The highest BCUT2D eigenvalue weighted by Gasteiger charge is 2.33. The van der Waals surface area contributed by atoms with E-state index in [1.54, 1.807) is 0 Å². The number of aryl methyl sites for hydroxylation is 1. The van der Waals surface area contributed by atoms with E-state index >= 15 is 0 Å². The molecule has 0 spiro atoms. The molecule has 0 bridgehead atoms. The van der Waals surface area contributed by atoms with Crippen molar-refractivity contribution >= 4 is 23.1 Å². The summed E-state index contributed by atoms with van der Waals surface area (Å²) >= 11 is 5.20. The van der Waals surface area contributed by atoms with Crippen LogP contribution in [0.1, 0.15) is 31.1 Å². The molecule has 1 fully saturated rings. The van der Waals surface area contributed by atoms with Gasteiger partial charge in [0.25, 0.3) is 0 Å². The van der Waals surface area contributed by atoms with Crippen molar-refractivity contribution in [2.75, 3.05) is 0 Å². The van der Waals surface area contributed by atoms with E-state index in [0.29, 0.717) is 4.99 Å². The van der Waals surface area contributed by atoms with Crippen LogP contribution in [0.5, 0.6) is 0 Å². The smallest absolute Gasteiger partial charge is 0.245 e. The first-order valence-corrected chi connectivity index (χ1v) is 6.23. The summed E-state index contributed by atoms with van der Waals surface area (Å²) in [5.41, 5.74) is 2.08. The average molecular weight is 264 g/mol. The van der Waals surface area contributed by atoms with Gasteiger partial charge in [-0.05, 0) is 19.4 Å². The van der Waals surface area contributed by atoms with Gasteiger partial charge >= 0.3 is 0 Å². The maximum absolute atomic E-state index is 11.6. The van der Waals surface area contributed by atoms with Gasteiger partial charge in [-0.3, -0.25) is 9.63 Å². The van der Waals surface area contributed by atoms with Crippen LogP contribution in [-0.4, -0.2) is 22.1 Å². The van der Waals surface area contributed by atoms with Gasteiger partial charge in [0, 0.05) is 6.92 Å². The highest BCUT2D eigenvalue weighted by Crippen LogP contribution is 2.24. The van der Waals surface area contributed by atoms with E-state index in [0.717, 1.165) is 11.1 Å². The lowest BCUT2D eigenvalue weighted by Crippen LogP contribution is -2.53. The molecule has 2 unspecified atom stereocenters. The summed E-state index contributed by atoms with van der Waals surface area (Å²) in [5.74, 6) is -0.150. The fourth-order valence-electron chi connectivity index (χ4n) is 1.90. The molecule has 1 amide bonds. The minimum absolute atomic E-state index is 0.150. The number of benzene rings is 1. The van der Waals surface area contributed by atoms with Crippen molar-refractivity contribution in [3.8, 4) is 0 Å². The van der Waals surface area contributed by atoms with Crippen LogP contribution in [0.15, 0.2) is 24.3 Å². The van der Waals surface area contributed by atoms with Gasteiger partial charge in [0.15, 0.2) is 6.17 Å². The van der Waals surface area contributed by atoms with Gasteiger partial charge in [0.1, 0.15) is 11.1 Å². The maximum atomic E-state index is 11.6. The molecule has 1 aliphatic heterocycles. The average Bonchev–Trinajstić information content (AvgIpc) is 2.31. The van der Waals surface area contributed by atoms with Crippen LogP contribution in [0.4, 0.5) is 0 Å². The molecule has 1 saturated heterocycles. The minimum atomic E-state index is -0.355. The molecule has 2 rings (SSSR count). The summed E-state index contributed by atoms with van der Waals surface area (Å²) in [5, 5.41) is 4.50. The molecule has 5 heteroatoms. The second kappa shape index (κ2) is 5.04. The van der Waals surface area contributed by atoms with Gasteiger partial charge in [0.2, 0.25) is 5.91 Å². The Morgan fingerprint density at radius 3 is 2.83 bits per heavy atom. The molecule has 0 radical (unpaired) electrons. The molecule has 4 nitrogen and oxygen atoms in total. The van der Waals surface area contributed by atoms with Gasteiger partial charge in [0.05, 0.1) is 0 Å². The van der Waals surface area contributed by atoms with Crippen molar-refractivity contribution in [2.45, 2.75) is 33.0 Å². The minimum Gasteiger partial charge on any atom is -0.352 e. The third-order valence-electron chi connectivity index (χ3n) is 2.82. The zero-order chi connectivity index (χ0) is 13.3. The predicted octanol–water partition coefficient (Wildman–Crippen LogP) is 2.09. The van der Waals surface area contributed by atoms with Crippen LogP contribution < -0.4 is 5.32 Å². The summed E-state index contributed by atoms with van der Waals surface area (Å²) in [4.78, 5) is 17.8. The fourth-order valence-corrected chi connectivity index (χ4v) is 2.06. The monoisotopic (exact) mass is 264 g/mol. The van der Waals surface area contributed by atoms with Crippen molar-refractivity contribution in [1.82, 2.24) is 10.4 Å². The largest absolute Gasteiger partial charge is 0.352 e. The zero-order valence-electron chi connectivity index (χ0n) is 10.6. The van der Waals surface area contributed by atoms with Crippen LogP contribution in [-0.2, 0) is 9.63 Å². The van der Waals surface area contributed by atoms with E-state index in [-0.39, 0.29) is 18.2 Å². The molecular formula is C13H16N2O2S. The molecule has 1 N–H and O–H groups in total. The number of thiocarbonyl (C=S) groups is 1. The molecule has 1 aromatic carbocycles. The molecule has 0 aliphatic carbocycles. The molecule has 0 aromatic heterocycles. The lowest BCUT2D eigenvalue weighted by atomic mass is 10.1. The second-order valence-electron chi connectivity index (χ2n) is 4.42. The standard InChI is InChI=1S/C13H16N2O2S/c1-8-5-4-6-11(7-8)12-14-13(18)9(2)17-15(12)10(3)16/h4-7,9,12H,1-3H3,(H,14,18). The van der Waals surface area contributed by atoms with E-state index in [2.05, 4.69) is 5.32 Å². The number of carbonyl (C=O) groups excluding carboxylic acids is 1. The van der Waals surface area contributed by atoms with Crippen LogP contribution in [0.2, 0.25) is 0 Å². The summed E-state index contributed by atoms with van der Waals surface area (Å²) in [6, 6.07) is 7.91. The van der Waals surface area contributed by atoms with Gasteiger partial charge < -0.3 is 5.32 Å². The Balaban J connectivity index is 2.33. The number of carbonyl (C=O) groups is 1. The molecule has 2 atom stereocenters. The van der Waals surface area contributed by atoms with Crippen molar-refractivity contribution in [3.63, 3.8) is 0 Å². The van der Waals surface area contributed by atoms with E-state index in [9.17, 15) is 4.79 Å². The Hall–Kier alpha value is -1.46. The Labute approximate surface area is 112 Å².